The van der Waals surface area contributed by atoms with Gasteiger partial charge in [-0.3, -0.25) is 4.72 Å². The van der Waals surface area contributed by atoms with Gasteiger partial charge in [0, 0.05) is 6.20 Å². The van der Waals surface area contributed by atoms with Crippen molar-refractivity contribution in [3.63, 3.8) is 0 Å². The highest BCUT2D eigenvalue weighted by Gasteiger charge is 2.15. The largest absolute Gasteiger partial charge is 0.477 e. The van der Waals surface area contributed by atoms with Crippen molar-refractivity contribution < 1.29 is 23.1 Å². The first-order valence-corrected chi connectivity index (χ1v) is 8.97. The van der Waals surface area contributed by atoms with Crippen molar-refractivity contribution in [2.75, 3.05) is 4.72 Å². The molecule has 0 aliphatic rings. The summed E-state index contributed by atoms with van der Waals surface area (Å²) in [4.78, 5) is 14.6. The lowest BCUT2D eigenvalue weighted by Crippen LogP contribution is -2.13. The van der Waals surface area contributed by atoms with Crippen LogP contribution in [0.3, 0.4) is 0 Å². The summed E-state index contributed by atoms with van der Waals surface area (Å²) in [6.07, 6.45) is 1.22. The van der Waals surface area contributed by atoms with Gasteiger partial charge in [-0.1, -0.05) is 18.2 Å². The Balaban J connectivity index is 1.77. The molecule has 0 bridgehead atoms. The predicted octanol–water partition coefficient (Wildman–Crippen LogP) is 3.37. The van der Waals surface area contributed by atoms with Crippen molar-refractivity contribution in [1.29, 1.82) is 0 Å². The van der Waals surface area contributed by atoms with Gasteiger partial charge in [-0.2, -0.15) is 0 Å². The summed E-state index contributed by atoms with van der Waals surface area (Å²) < 4.78 is 32.8. The van der Waals surface area contributed by atoms with Crippen molar-refractivity contribution in [1.82, 2.24) is 4.98 Å². The summed E-state index contributed by atoms with van der Waals surface area (Å²) in [6.45, 7) is 0. The third-order valence-corrected chi connectivity index (χ3v) is 4.74. The zero-order chi connectivity index (χ0) is 18.6. The van der Waals surface area contributed by atoms with E-state index in [1.807, 2.05) is 18.2 Å². The molecule has 26 heavy (non-hydrogen) atoms. The Bertz CT molecular complexity index is 1020. The first-order valence-electron chi connectivity index (χ1n) is 7.49. The van der Waals surface area contributed by atoms with Crippen LogP contribution >= 0.6 is 0 Å². The third-order valence-electron chi connectivity index (χ3n) is 3.34. The number of para-hydroxylation sites is 1. The summed E-state index contributed by atoms with van der Waals surface area (Å²) in [5.41, 5.74) is -0.140. The average molecular weight is 370 g/mol. The number of carboxylic acids is 1. The number of benzene rings is 2. The van der Waals surface area contributed by atoms with Gasteiger partial charge >= 0.3 is 5.97 Å². The van der Waals surface area contributed by atoms with Crippen LogP contribution < -0.4 is 9.46 Å². The highest BCUT2D eigenvalue weighted by atomic mass is 32.2. The molecule has 0 saturated carbocycles. The SMILES string of the molecule is O=C(O)c1cc(NS(=O)(=O)c2ccc(Oc3ccccc3)cc2)ccn1. The Morgan fingerprint density at radius 3 is 2.27 bits per heavy atom. The van der Waals surface area contributed by atoms with Gasteiger partial charge in [0.25, 0.3) is 10.0 Å². The van der Waals surface area contributed by atoms with E-state index in [-0.39, 0.29) is 16.3 Å². The number of carbonyl (C=O) groups is 1. The molecule has 0 aliphatic heterocycles. The monoisotopic (exact) mass is 370 g/mol. The van der Waals surface area contributed by atoms with Gasteiger partial charge in [-0.15, -0.1) is 0 Å². The maximum Gasteiger partial charge on any atom is 0.354 e. The highest BCUT2D eigenvalue weighted by Crippen LogP contribution is 2.23. The molecule has 3 rings (SSSR count). The van der Waals surface area contributed by atoms with Crippen LogP contribution in [0.1, 0.15) is 10.5 Å². The molecule has 0 aliphatic carbocycles. The third kappa shape index (κ3) is 4.17. The van der Waals surface area contributed by atoms with Crippen LogP contribution in [-0.4, -0.2) is 24.5 Å². The number of nitrogens with one attached hydrogen (secondary N) is 1. The van der Waals surface area contributed by atoms with Crippen LogP contribution in [0.5, 0.6) is 11.5 Å². The molecule has 2 N–H and O–H groups in total. The van der Waals surface area contributed by atoms with Crippen LogP contribution in [0.25, 0.3) is 0 Å². The lowest BCUT2D eigenvalue weighted by molar-refractivity contribution is 0.0690. The van der Waals surface area contributed by atoms with Gasteiger partial charge in [-0.25, -0.2) is 18.2 Å². The summed E-state index contributed by atoms with van der Waals surface area (Å²) in [5, 5.41) is 8.92. The molecule has 0 unspecified atom stereocenters. The lowest BCUT2D eigenvalue weighted by Gasteiger charge is -2.10. The quantitative estimate of drug-likeness (QED) is 0.689. The number of carboxylic acid groups (broad SMARTS) is 1. The maximum atomic E-state index is 12.4. The number of hydrogen-bond acceptors (Lipinski definition) is 5. The number of anilines is 1. The first-order chi connectivity index (χ1) is 12.4. The molecule has 3 aromatic rings. The van der Waals surface area contributed by atoms with Crippen LogP contribution in [0.4, 0.5) is 5.69 Å². The number of aromatic nitrogens is 1. The van der Waals surface area contributed by atoms with Gasteiger partial charge in [-0.05, 0) is 48.5 Å². The van der Waals surface area contributed by atoms with Gasteiger partial charge in [0.2, 0.25) is 0 Å². The molecular weight excluding hydrogens is 356 g/mol. The molecular formula is C18H14N2O5S. The van der Waals surface area contributed by atoms with E-state index in [2.05, 4.69) is 9.71 Å². The molecule has 0 radical (unpaired) electrons. The fourth-order valence-electron chi connectivity index (χ4n) is 2.14. The van der Waals surface area contributed by atoms with Crippen LogP contribution in [0.2, 0.25) is 0 Å². The summed E-state index contributed by atoms with van der Waals surface area (Å²) in [6, 6.07) is 17.5. The van der Waals surface area contributed by atoms with Gasteiger partial charge < -0.3 is 9.84 Å². The molecule has 1 heterocycles. The Kier molecular flexibility index (Phi) is 4.85. The highest BCUT2D eigenvalue weighted by molar-refractivity contribution is 7.92. The smallest absolute Gasteiger partial charge is 0.354 e. The van der Waals surface area contributed by atoms with Crippen molar-refractivity contribution in [2.24, 2.45) is 0 Å². The van der Waals surface area contributed by atoms with E-state index in [0.29, 0.717) is 11.5 Å². The Morgan fingerprint density at radius 1 is 0.962 bits per heavy atom. The average Bonchev–Trinajstić information content (AvgIpc) is 2.63. The summed E-state index contributed by atoms with van der Waals surface area (Å²) >= 11 is 0. The second kappa shape index (κ2) is 7.24. The van der Waals surface area contributed by atoms with E-state index in [4.69, 9.17) is 9.84 Å². The molecule has 0 fully saturated rings. The summed E-state index contributed by atoms with van der Waals surface area (Å²) in [5.74, 6) is -0.111. The molecule has 2 aromatic carbocycles. The Hall–Kier alpha value is -3.39. The molecule has 8 heteroatoms. The standard InChI is InChI=1S/C18H14N2O5S/c21-18(22)17-12-13(10-11-19-17)20-26(23,24)16-8-6-15(7-9-16)25-14-4-2-1-3-5-14/h1-12H,(H,19,20)(H,21,22). The minimum Gasteiger partial charge on any atom is -0.477 e. The molecule has 0 spiro atoms. The van der Waals surface area contributed by atoms with E-state index in [9.17, 15) is 13.2 Å². The minimum atomic E-state index is -3.87. The van der Waals surface area contributed by atoms with Gasteiger partial charge in [0.1, 0.15) is 17.2 Å². The van der Waals surface area contributed by atoms with Crippen molar-refractivity contribution >= 4 is 21.7 Å². The second-order valence-electron chi connectivity index (χ2n) is 5.23. The number of sulfonamides is 1. The second-order valence-corrected chi connectivity index (χ2v) is 6.91. The number of ether oxygens (including phenoxy) is 1. The fourth-order valence-corrected chi connectivity index (χ4v) is 3.19. The maximum absolute atomic E-state index is 12.4. The van der Waals surface area contributed by atoms with Crippen LogP contribution in [-0.2, 0) is 10.0 Å². The molecule has 1 aromatic heterocycles. The molecule has 0 amide bonds. The van der Waals surface area contributed by atoms with E-state index < -0.39 is 16.0 Å². The Morgan fingerprint density at radius 2 is 1.62 bits per heavy atom. The fraction of sp³-hybridized carbons (Fsp3) is 0. The first kappa shape index (κ1) is 17.4. The predicted molar refractivity (Wildman–Crippen MR) is 95.0 cm³/mol. The van der Waals surface area contributed by atoms with Crippen LogP contribution in [0, 0.1) is 0 Å². The van der Waals surface area contributed by atoms with E-state index in [0.717, 1.165) is 6.07 Å². The molecule has 0 saturated heterocycles. The normalized spacial score (nSPS) is 10.9. The number of rotatable bonds is 6. The zero-order valence-electron chi connectivity index (χ0n) is 13.4. The van der Waals surface area contributed by atoms with Crippen LogP contribution in [0.15, 0.2) is 77.8 Å². The van der Waals surface area contributed by atoms with E-state index >= 15 is 0 Å². The van der Waals surface area contributed by atoms with Gasteiger partial charge in [0.05, 0.1) is 10.6 Å². The minimum absolute atomic E-state index is 0.0200. The van der Waals surface area contributed by atoms with Crippen molar-refractivity contribution in [3.05, 3.63) is 78.6 Å². The van der Waals surface area contributed by atoms with Gasteiger partial charge in [0.15, 0.2) is 0 Å². The van der Waals surface area contributed by atoms with Crippen molar-refractivity contribution in [2.45, 2.75) is 4.90 Å². The Labute approximate surface area is 150 Å². The molecule has 0 atom stereocenters. The molecule has 132 valence electrons. The number of hydrogen-bond donors (Lipinski definition) is 2. The summed E-state index contributed by atoms with van der Waals surface area (Å²) in [7, 11) is -3.87. The van der Waals surface area contributed by atoms with E-state index in [1.165, 1.54) is 36.5 Å². The number of pyridine rings is 1. The zero-order valence-corrected chi connectivity index (χ0v) is 14.2. The number of aromatic carboxylic acids is 1. The van der Waals surface area contributed by atoms with E-state index in [1.54, 1.807) is 12.1 Å². The number of nitrogens with zero attached hydrogens (tertiary/aromatic N) is 1. The molecule has 7 nitrogen and oxygen atoms in total. The topological polar surface area (TPSA) is 106 Å². The lowest BCUT2D eigenvalue weighted by atomic mass is 10.3. The van der Waals surface area contributed by atoms with Crippen molar-refractivity contribution in [3.8, 4) is 11.5 Å².